The van der Waals surface area contributed by atoms with Crippen molar-refractivity contribution < 1.29 is 0 Å². The van der Waals surface area contributed by atoms with Gasteiger partial charge in [0.15, 0.2) is 0 Å². The van der Waals surface area contributed by atoms with Gasteiger partial charge in [0, 0.05) is 0 Å². The third-order valence-corrected chi connectivity index (χ3v) is 4.63. The molecule has 3 rings (SSSR count). The maximum absolute atomic E-state index is 1.61. The van der Waals surface area contributed by atoms with Crippen LogP contribution < -0.4 is 0 Å². The molecule has 0 radical (unpaired) electrons. The lowest BCUT2D eigenvalue weighted by atomic mass is 9.99. The Hall–Kier alpha value is 0. The molecular formula is C13H22. The zero-order valence-corrected chi connectivity index (χ0v) is 8.67. The molecule has 0 bridgehead atoms. The van der Waals surface area contributed by atoms with Gasteiger partial charge in [-0.1, -0.05) is 32.1 Å². The van der Waals surface area contributed by atoms with Gasteiger partial charge < -0.3 is 0 Å². The second-order valence-corrected chi connectivity index (χ2v) is 5.72. The second-order valence-electron chi connectivity index (χ2n) is 5.72. The van der Waals surface area contributed by atoms with Gasteiger partial charge in [-0.15, -0.1) is 0 Å². The van der Waals surface area contributed by atoms with E-state index in [1.54, 1.807) is 44.9 Å². The number of hydrogen-bond acceptors (Lipinski definition) is 0. The van der Waals surface area contributed by atoms with Crippen LogP contribution in [0.1, 0.15) is 57.8 Å². The van der Waals surface area contributed by atoms with Gasteiger partial charge in [-0.05, 0) is 49.4 Å². The molecule has 0 heteroatoms. The molecule has 3 fully saturated rings. The van der Waals surface area contributed by atoms with E-state index in [-0.39, 0.29) is 0 Å². The van der Waals surface area contributed by atoms with E-state index in [4.69, 9.17) is 0 Å². The average Bonchev–Trinajstić information content (AvgIpc) is 3.01. The van der Waals surface area contributed by atoms with Crippen molar-refractivity contribution in [2.24, 2.45) is 23.7 Å². The summed E-state index contributed by atoms with van der Waals surface area (Å²) < 4.78 is 0. The summed E-state index contributed by atoms with van der Waals surface area (Å²) in [6, 6.07) is 0. The summed E-state index contributed by atoms with van der Waals surface area (Å²) in [5.41, 5.74) is 0. The zero-order chi connectivity index (χ0) is 8.67. The van der Waals surface area contributed by atoms with Gasteiger partial charge in [-0.2, -0.15) is 0 Å². The fourth-order valence-electron chi connectivity index (χ4n) is 3.45. The molecule has 74 valence electrons. The van der Waals surface area contributed by atoms with Crippen LogP contribution in [0, 0.1) is 23.7 Å². The van der Waals surface area contributed by atoms with Gasteiger partial charge in [0.05, 0.1) is 0 Å². The topological polar surface area (TPSA) is 0 Å². The van der Waals surface area contributed by atoms with Gasteiger partial charge in [0.25, 0.3) is 0 Å². The van der Waals surface area contributed by atoms with Crippen molar-refractivity contribution in [3.05, 3.63) is 0 Å². The Kier molecular flexibility index (Phi) is 2.11. The van der Waals surface area contributed by atoms with Crippen molar-refractivity contribution >= 4 is 0 Å². The highest BCUT2D eigenvalue weighted by atomic mass is 14.5. The molecule has 3 saturated carbocycles. The molecule has 0 nitrogen and oxygen atoms in total. The van der Waals surface area contributed by atoms with Crippen molar-refractivity contribution in [2.75, 3.05) is 0 Å². The van der Waals surface area contributed by atoms with Crippen LogP contribution in [-0.4, -0.2) is 0 Å². The predicted octanol–water partition coefficient (Wildman–Crippen LogP) is 4.00. The standard InChI is InChI=1S/C13H22/c1-2-4-10(3-1)5-6-12-9-13(12)11-7-8-11/h10-13H,1-9H2. The van der Waals surface area contributed by atoms with Gasteiger partial charge >= 0.3 is 0 Å². The van der Waals surface area contributed by atoms with Crippen molar-refractivity contribution in [2.45, 2.75) is 57.8 Å². The molecule has 2 atom stereocenters. The van der Waals surface area contributed by atoms with E-state index in [0.717, 1.165) is 5.92 Å². The molecule has 0 saturated heterocycles. The van der Waals surface area contributed by atoms with Crippen LogP contribution >= 0.6 is 0 Å². The lowest BCUT2D eigenvalue weighted by Crippen LogP contribution is -1.94. The minimum absolute atomic E-state index is 1.14. The molecule has 0 spiro atoms. The first kappa shape index (κ1) is 8.32. The van der Waals surface area contributed by atoms with Crippen molar-refractivity contribution in [1.82, 2.24) is 0 Å². The first-order valence-electron chi connectivity index (χ1n) is 6.43. The minimum Gasteiger partial charge on any atom is -0.0530 e. The Morgan fingerprint density at radius 3 is 2.31 bits per heavy atom. The average molecular weight is 178 g/mol. The third kappa shape index (κ3) is 1.92. The summed E-state index contributed by atoms with van der Waals surface area (Å²) in [5, 5.41) is 0. The van der Waals surface area contributed by atoms with Crippen LogP contribution in [-0.2, 0) is 0 Å². The van der Waals surface area contributed by atoms with Gasteiger partial charge in [-0.3, -0.25) is 0 Å². The lowest BCUT2D eigenvalue weighted by Gasteiger charge is -2.07. The second kappa shape index (κ2) is 3.29. The summed E-state index contributed by atoms with van der Waals surface area (Å²) in [6.07, 6.45) is 14.1. The van der Waals surface area contributed by atoms with Crippen LogP contribution in [0.2, 0.25) is 0 Å². The smallest absolute Gasteiger partial charge is 0.0355 e. The van der Waals surface area contributed by atoms with Crippen LogP contribution in [0.4, 0.5) is 0 Å². The fraction of sp³-hybridized carbons (Fsp3) is 1.00. The van der Waals surface area contributed by atoms with Gasteiger partial charge in [0.2, 0.25) is 0 Å². The van der Waals surface area contributed by atoms with E-state index in [2.05, 4.69) is 0 Å². The Labute approximate surface area is 82.1 Å². The Bertz CT molecular complexity index is 174. The highest BCUT2D eigenvalue weighted by Crippen LogP contribution is 2.56. The van der Waals surface area contributed by atoms with Crippen molar-refractivity contribution in [1.29, 1.82) is 0 Å². The summed E-state index contributed by atoms with van der Waals surface area (Å²) in [5.74, 6) is 4.74. The van der Waals surface area contributed by atoms with Crippen LogP contribution in [0.5, 0.6) is 0 Å². The molecule has 0 aromatic rings. The van der Waals surface area contributed by atoms with Crippen LogP contribution in [0.3, 0.4) is 0 Å². The number of rotatable bonds is 4. The molecule has 0 aromatic heterocycles. The van der Waals surface area contributed by atoms with Gasteiger partial charge in [0.1, 0.15) is 0 Å². The zero-order valence-electron chi connectivity index (χ0n) is 8.67. The number of hydrogen-bond donors (Lipinski definition) is 0. The molecule has 0 heterocycles. The Balaban J connectivity index is 1.35. The molecule has 13 heavy (non-hydrogen) atoms. The van der Waals surface area contributed by atoms with Gasteiger partial charge in [-0.25, -0.2) is 0 Å². The quantitative estimate of drug-likeness (QED) is 0.610. The molecule has 0 aromatic carbocycles. The molecule has 3 aliphatic carbocycles. The largest absolute Gasteiger partial charge is 0.0530 e. The minimum atomic E-state index is 1.14. The maximum Gasteiger partial charge on any atom is -0.0355 e. The van der Waals surface area contributed by atoms with E-state index in [9.17, 15) is 0 Å². The van der Waals surface area contributed by atoms with Crippen LogP contribution in [0.15, 0.2) is 0 Å². The Morgan fingerprint density at radius 2 is 1.62 bits per heavy atom. The molecule has 3 aliphatic rings. The SMILES string of the molecule is C1CCC(CCC2CC2C2CC2)C1. The van der Waals surface area contributed by atoms with E-state index < -0.39 is 0 Å². The fourth-order valence-corrected chi connectivity index (χ4v) is 3.45. The predicted molar refractivity (Wildman–Crippen MR) is 55.5 cm³/mol. The highest BCUT2D eigenvalue weighted by Gasteiger charge is 2.46. The van der Waals surface area contributed by atoms with Crippen LogP contribution in [0.25, 0.3) is 0 Å². The van der Waals surface area contributed by atoms with E-state index in [1.165, 1.54) is 30.6 Å². The summed E-state index contributed by atoms with van der Waals surface area (Å²) in [4.78, 5) is 0. The maximum atomic E-state index is 1.61. The van der Waals surface area contributed by atoms with Crippen molar-refractivity contribution in [3.63, 3.8) is 0 Å². The first-order chi connectivity index (χ1) is 6.43. The molecule has 0 aliphatic heterocycles. The summed E-state index contributed by atoms with van der Waals surface area (Å²) in [7, 11) is 0. The lowest BCUT2D eigenvalue weighted by molar-refractivity contribution is 0.449. The summed E-state index contributed by atoms with van der Waals surface area (Å²) in [6.45, 7) is 0. The van der Waals surface area contributed by atoms with Crippen molar-refractivity contribution in [3.8, 4) is 0 Å². The Morgan fingerprint density at radius 1 is 0.846 bits per heavy atom. The molecule has 0 amide bonds. The summed E-state index contributed by atoms with van der Waals surface area (Å²) >= 11 is 0. The molecular weight excluding hydrogens is 156 g/mol. The first-order valence-corrected chi connectivity index (χ1v) is 6.43. The molecule has 0 N–H and O–H groups in total. The van der Waals surface area contributed by atoms with E-state index in [1.807, 2.05) is 0 Å². The normalized spacial score (nSPS) is 39.7. The molecule has 2 unspecified atom stereocenters. The van der Waals surface area contributed by atoms with E-state index in [0.29, 0.717) is 0 Å². The third-order valence-electron chi connectivity index (χ3n) is 4.63. The highest BCUT2D eigenvalue weighted by molar-refractivity contribution is 4.96. The van der Waals surface area contributed by atoms with E-state index >= 15 is 0 Å². The monoisotopic (exact) mass is 178 g/mol.